The second-order valence-corrected chi connectivity index (χ2v) is 7.31. The van der Waals surface area contributed by atoms with Crippen LogP contribution in [0, 0.1) is 0 Å². The molecule has 2 heterocycles. The number of halogens is 2. The molecule has 16 heavy (non-hydrogen) atoms. The minimum atomic E-state index is 0.667. The molecule has 1 aromatic rings. The fourth-order valence-electron chi connectivity index (χ4n) is 1.41. The molecule has 1 N–H and O–H groups in total. The molecule has 0 bridgehead atoms. The number of nitrogens with zero attached hydrogens (tertiary/aromatic N) is 1. The first-order valence-corrected chi connectivity index (χ1v) is 8.37. The van der Waals surface area contributed by atoms with Crippen LogP contribution >= 0.6 is 51.1 Å². The van der Waals surface area contributed by atoms with Gasteiger partial charge in [0.15, 0.2) is 0 Å². The highest BCUT2D eigenvalue weighted by Gasteiger charge is 2.14. The smallest absolute Gasteiger partial charge is 0.144 e. The molecule has 1 aromatic heterocycles. The quantitative estimate of drug-likeness (QED) is 0.906. The first-order chi connectivity index (χ1) is 7.75. The normalized spacial score (nSPS) is 20.8. The summed E-state index contributed by atoms with van der Waals surface area (Å²) in [6, 6.07) is 1.86. The Bertz CT molecular complexity index is 359. The molecule has 1 unspecified atom stereocenters. The maximum Gasteiger partial charge on any atom is 0.144 e. The van der Waals surface area contributed by atoms with E-state index in [1.165, 1.54) is 17.3 Å². The van der Waals surface area contributed by atoms with Gasteiger partial charge in [-0.15, -0.1) is 0 Å². The molecule has 6 heteroatoms. The summed E-state index contributed by atoms with van der Waals surface area (Å²) in [6.45, 7) is 0.937. The highest BCUT2D eigenvalue weighted by atomic mass is 79.9. The van der Waals surface area contributed by atoms with Crippen LogP contribution in [-0.4, -0.2) is 34.0 Å². The molecular weight excluding hydrogens is 328 g/mol. The Morgan fingerprint density at radius 2 is 2.44 bits per heavy atom. The predicted molar refractivity (Wildman–Crippen MR) is 79.0 cm³/mol. The molecule has 0 aromatic carbocycles. The molecule has 0 aliphatic carbocycles. The van der Waals surface area contributed by atoms with Crippen LogP contribution in [0.25, 0.3) is 0 Å². The van der Waals surface area contributed by atoms with E-state index in [1.807, 2.05) is 29.6 Å². The highest BCUT2D eigenvalue weighted by molar-refractivity contribution is 9.10. The second-order valence-electron chi connectivity index (χ2n) is 3.43. The molecule has 0 spiro atoms. The van der Waals surface area contributed by atoms with Crippen LogP contribution in [0.4, 0.5) is 5.82 Å². The van der Waals surface area contributed by atoms with Crippen LogP contribution in [0.3, 0.4) is 0 Å². The van der Waals surface area contributed by atoms with Gasteiger partial charge in [0.2, 0.25) is 0 Å². The van der Waals surface area contributed by atoms with E-state index in [0.717, 1.165) is 16.8 Å². The van der Waals surface area contributed by atoms with E-state index in [-0.39, 0.29) is 0 Å². The fraction of sp³-hybridized carbons (Fsp3) is 0.500. The summed E-state index contributed by atoms with van der Waals surface area (Å²) in [5.41, 5.74) is 0. The van der Waals surface area contributed by atoms with Gasteiger partial charge >= 0.3 is 0 Å². The number of pyridine rings is 1. The van der Waals surface area contributed by atoms with Gasteiger partial charge < -0.3 is 5.32 Å². The van der Waals surface area contributed by atoms with Gasteiger partial charge in [0.05, 0.1) is 5.02 Å². The molecule has 2 nitrogen and oxygen atoms in total. The van der Waals surface area contributed by atoms with Gasteiger partial charge in [-0.05, 0) is 22.0 Å². The molecule has 0 saturated carbocycles. The van der Waals surface area contributed by atoms with Crippen molar-refractivity contribution in [2.75, 3.05) is 29.1 Å². The molecule has 1 fully saturated rings. The summed E-state index contributed by atoms with van der Waals surface area (Å²) in [7, 11) is 0. The van der Waals surface area contributed by atoms with E-state index >= 15 is 0 Å². The van der Waals surface area contributed by atoms with Crippen LogP contribution in [0.2, 0.25) is 5.02 Å². The third kappa shape index (κ3) is 3.72. The van der Waals surface area contributed by atoms with Gasteiger partial charge in [-0.3, -0.25) is 0 Å². The summed E-state index contributed by atoms with van der Waals surface area (Å²) in [4.78, 5) is 4.26. The second kappa shape index (κ2) is 6.38. The van der Waals surface area contributed by atoms with E-state index in [1.54, 1.807) is 6.20 Å². The van der Waals surface area contributed by atoms with Crippen molar-refractivity contribution in [2.45, 2.75) is 5.25 Å². The van der Waals surface area contributed by atoms with Crippen molar-refractivity contribution in [3.63, 3.8) is 0 Å². The summed E-state index contributed by atoms with van der Waals surface area (Å²) >= 11 is 13.5. The Hall–Kier alpha value is 0.420. The average molecular weight is 340 g/mol. The first-order valence-electron chi connectivity index (χ1n) is 5.00. The minimum Gasteiger partial charge on any atom is -0.368 e. The Kier molecular flexibility index (Phi) is 5.13. The van der Waals surface area contributed by atoms with Crippen molar-refractivity contribution < 1.29 is 0 Å². The SMILES string of the molecule is Clc1cc(Br)cnc1NCC1CSCCS1. The molecule has 1 aliphatic rings. The zero-order chi connectivity index (χ0) is 11.4. The van der Waals surface area contributed by atoms with Crippen LogP contribution < -0.4 is 5.32 Å². The lowest BCUT2D eigenvalue weighted by atomic mass is 10.4. The van der Waals surface area contributed by atoms with Gasteiger partial charge in [0.1, 0.15) is 5.82 Å². The number of nitrogens with one attached hydrogen (secondary N) is 1. The van der Waals surface area contributed by atoms with E-state index in [2.05, 4.69) is 26.2 Å². The summed E-state index contributed by atoms with van der Waals surface area (Å²) in [6.07, 6.45) is 1.76. The zero-order valence-electron chi connectivity index (χ0n) is 8.58. The molecule has 88 valence electrons. The fourth-order valence-corrected chi connectivity index (χ4v) is 4.72. The zero-order valence-corrected chi connectivity index (χ0v) is 12.6. The van der Waals surface area contributed by atoms with E-state index < -0.39 is 0 Å². The summed E-state index contributed by atoms with van der Waals surface area (Å²) in [5, 5.41) is 4.65. The Morgan fingerprint density at radius 3 is 3.12 bits per heavy atom. The van der Waals surface area contributed by atoms with Gasteiger partial charge in [-0.1, -0.05) is 11.6 Å². The largest absolute Gasteiger partial charge is 0.368 e. The maximum absolute atomic E-state index is 6.08. The van der Waals surface area contributed by atoms with Gasteiger partial charge in [0, 0.05) is 39.7 Å². The molecule has 0 radical (unpaired) electrons. The van der Waals surface area contributed by atoms with E-state index in [4.69, 9.17) is 11.6 Å². The van der Waals surface area contributed by atoms with Gasteiger partial charge in [0.25, 0.3) is 0 Å². The maximum atomic E-state index is 6.08. The Morgan fingerprint density at radius 1 is 1.56 bits per heavy atom. The molecular formula is C10H12BrClN2S2. The number of thioether (sulfide) groups is 2. The summed E-state index contributed by atoms with van der Waals surface area (Å²) < 4.78 is 0.908. The predicted octanol–water partition coefficient (Wildman–Crippen LogP) is 3.76. The van der Waals surface area contributed by atoms with Crippen molar-refractivity contribution in [3.8, 4) is 0 Å². The Labute approximate surface area is 117 Å². The Balaban J connectivity index is 1.88. The van der Waals surface area contributed by atoms with Gasteiger partial charge in [-0.2, -0.15) is 23.5 Å². The lowest BCUT2D eigenvalue weighted by Crippen LogP contribution is -2.23. The first kappa shape index (κ1) is 12.9. The van der Waals surface area contributed by atoms with Crippen LogP contribution in [0.15, 0.2) is 16.7 Å². The third-order valence-electron chi connectivity index (χ3n) is 2.19. The monoisotopic (exact) mass is 338 g/mol. The summed E-state index contributed by atoms with van der Waals surface area (Å²) in [5.74, 6) is 4.52. The number of hydrogen-bond acceptors (Lipinski definition) is 4. The highest BCUT2D eigenvalue weighted by Crippen LogP contribution is 2.26. The number of aromatic nitrogens is 1. The van der Waals surface area contributed by atoms with Crippen LogP contribution in [0.5, 0.6) is 0 Å². The van der Waals surface area contributed by atoms with Crippen molar-refractivity contribution in [1.29, 1.82) is 0 Å². The topological polar surface area (TPSA) is 24.9 Å². The minimum absolute atomic E-state index is 0.667. The molecule has 1 aliphatic heterocycles. The van der Waals surface area contributed by atoms with Crippen molar-refractivity contribution in [1.82, 2.24) is 4.98 Å². The van der Waals surface area contributed by atoms with Crippen molar-refractivity contribution in [3.05, 3.63) is 21.8 Å². The number of rotatable bonds is 3. The lowest BCUT2D eigenvalue weighted by Gasteiger charge is -2.21. The standard InChI is InChI=1S/C10H12BrClN2S2/c11-7-3-9(12)10(13-4-7)14-5-8-6-15-1-2-16-8/h3-4,8H,1-2,5-6H2,(H,13,14). The molecule has 0 amide bonds. The number of hydrogen-bond donors (Lipinski definition) is 1. The van der Waals surface area contributed by atoms with Crippen molar-refractivity contribution >= 4 is 56.9 Å². The third-order valence-corrected chi connectivity index (χ3v) is 5.76. The lowest BCUT2D eigenvalue weighted by molar-refractivity contribution is 0.993. The molecule has 1 atom stereocenters. The van der Waals surface area contributed by atoms with Crippen LogP contribution in [-0.2, 0) is 0 Å². The number of anilines is 1. The molecule has 2 rings (SSSR count). The average Bonchev–Trinajstić information content (AvgIpc) is 2.29. The van der Waals surface area contributed by atoms with Crippen molar-refractivity contribution in [2.24, 2.45) is 0 Å². The van der Waals surface area contributed by atoms with E-state index in [0.29, 0.717) is 10.3 Å². The van der Waals surface area contributed by atoms with Gasteiger partial charge in [-0.25, -0.2) is 4.98 Å². The van der Waals surface area contributed by atoms with E-state index in [9.17, 15) is 0 Å². The van der Waals surface area contributed by atoms with Crippen LogP contribution in [0.1, 0.15) is 0 Å². The molecule has 1 saturated heterocycles.